The van der Waals surface area contributed by atoms with E-state index in [1.54, 1.807) is 12.1 Å². The third-order valence-corrected chi connectivity index (χ3v) is 4.36. The summed E-state index contributed by atoms with van der Waals surface area (Å²) in [7, 11) is 0. The van der Waals surface area contributed by atoms with Crippen LogP contribution in [0.1, 0.15) is 15.9 Å². The summed E-state index contributed by atoms with van der Waals surface area (Å²) in [5.74, 6) is -0.154. The molecule has 0 aromatic heterocycles. The van der Waals surface area contributed by atoms with Gasteiger partial charge in [-0.1, -0.05) is 39.7 Å². The highest BCUT2D eigenvalue weighted by Crippen LogP contribution is 2.20. The van der Waals surface area contributed by atoms with Crippen molar-refractivity contribution >= 4 is 61.7 Å². The largest absolute Gasteiger partial charge is 0.322 e. The van der Waals surface area contributed by atoms with Crippen LogP contribution in [0.25, 0.3) is 0 Å². The number of carbonyl (C=O) groups excluding carboxylic acids is 1. The normalized spacial score (nSPS) is 10.3. The van der Waals surface area contributed by atoms with Crippen molar-refractivity contribution in [3.05, 3.63) is 62.2 Å². The first kappa shape index (κ1) is 14.8. The third-order valence-electron chi connectivity index (χ3n) is 2.54. The van der Waals surface area contributed by atoms with Gasteiger partial charge in [0.1, 0.15) is 0 Å². The predicted molar refractivity (Wildman–Crippen MR) is 91.2 cm³/mol. The summed E-state index contributed by atoms with van der Waals surface area (Å²) in [6.45, 7) is 0. The van der Waals surface area contributed by atoms with Crippen molar-refractivity contribution in [2.75, 3.05) is 5.32 Å². The van der Waals surface area contributed by atoms with Gasteiger partial charge in [0.2, 0.25) is 0 Å². The number of carbonyl (C=O) groups is 1. The van der Waals surface area contributed by atoms with Crippen LogP contribution in [0.2, 0.25) is 5.02 Å². The number of halogens is 3. The van der Waals surface area contributed by atoms with Crippen LogP contribution in [0.5, 0.6) is 0 Å². The molecule has 0 aliphatic heterocycles. The smallest absolute Gasteiger partial charge is 0.256 e. The molecule has 2 aromatic rings. The lowest BCUT2D eigenvalue weighted by atomic mass is 10.2. The van der Waals surface area contributed by atoms with Gasteiger partial charge in [-0.3, -0.25) is 4.79 Å². The Hall–Kier alpha value is -0.590. The molecule has 0 saturated heterocycles. The molecule has 0 bridgehead atoms. The molecule has 1 N–H and O–H groups in total. The molecule has 19 heavy (non-hydrogen) atoms. The lowest BCUT2D eigenvalue weighted by Crippen LogP contribution is -2.13. The van der Waals surface area contributed by atoms with Crippen LogP contribution in [-0.2, 0) is 5.33 Å². The van der Waals surface area contributed by atoms with Gasteiger partial charge in [-0.25, -0.2) is 0 Å². The highest BCUT2D eigenvalue weighted by Gasteiger charge is 2.10. The Kier molecular flexibility index (Phi) is 5.24. The van der Waals surface area contributed by atoms with E-state index >= 15 is 0 Å². The zero-order valence-electron chi connectivity index (χ0n) is 9.79. The van der Waals surface area contributed by atoms with Gasteiger partial charge in [-0.15, -0.1) is 0 Å². The minimum absolute atomic E-state index is 0.154. The Bertz CT molecular complexity index is 601. The van der Waals surface area contributed by atoms with E-state index in [1.165, 1.54) is 0 Å². The van der Waals surface area contributed by atoms with E-state index in [-0.39, 0.29) is 5.91 Å². The Labute approximate surface area is 138 Å². The SMILES string of the molecule is O=C(Nc1ccc(CBr)cc1)c1cc(Cl)ccc1I. The molecule has 2 aromatic carbocycles. The molecule has 0 aliphatic carbocycles. The van der Waals surface area contributed by atoms with Crippen LogP contribution in [-0.4, -0.2) is 5.91 Å². The van der Waals surface area contributed by atoms with Gasteiger partial charge in [0, 0.05) is 19.6 Å². The topological polar surface area (TPSA) is 29.1 Å². The van der Waals surface area contributed by atoms with Crippen molar-refractivity contribution in [3.63, 3.8) is 0 Å². The molecule has 98 valence electrons. The summed E-state index contributed by atoms with van der Waals surface area (Å²) < 4.78 is 0.872. The van der Waals surface area contributed by atoms with Crippen LogP contribution >= 0.6 is 50.1 Å². The van der Waals surface area contributed by atoms with Crippen molar-refractivity contribution in [1.29, 1.82) is 0 Å². The summed E-state index contributed by atoms with van der Waals surface area (Å²) in [5, 5.41) is 4.21. The number of benzene rings is 2. The summed E-state index contributed by atoms with van der Waals surface area (Å²) in [6, 6.07) is 13.0. The lowest BCUT2D eigenvalue weighted by molar-refractivity contribution is 0.102. The van der Waals surface area contributed by atoms with Gasteiger partial charge < -0.3 is 5.32 Å². The second-order valence-electron chi connectivity index (χ2n) is 3.91. The molecule has 2 rings (SSSR count). The van der Waals surface area contributed by atoms with E-state index in [0.29, 0.717) is 10.6 Å². The maximum atomic E-state index is 12.2. The molecule has 0 fully saturated rings. The summed E-state index contributed by atoms with van der Waals surface area (Å²) >= 11 is 11.4. The van der Waals surface area contributed by atoms with E-state index in [9.17, 15) is 4.79 Å². The van der Waals surface area contributed by atoms with Crippen LogP contribution in [0, 0.1) is 3.57 Å². The van der Waals surface area contributed by atoms with Crippen molar-refractivity contribution < 1.29 is 4.79 Å². The molecule has 2 nitrogen and oxygen atoms in total. The average molecular weight is 451 g/mol. The second-order valence-corrected chi connectivity index (χ2v) is 6.07. The molecule has 0 aliphatic rings. The molecule has 0 radical (unpaired) electrons. The van der Waals surface area contributed by atoms with E-state index in [2.05, 4.69) is 43.8 Å². The fourth-order valence-electron chi connectivity index (χ4n) is 1.55. The summed E-state index contributed by atoms with van der Waals surface area (Å²) in [5.41, 5.74) is 2.51. The fourth-order valence-corrected chi connectivity index (χ4v) is 2.67. The van der Waals surface area contributed by atoms with Crippen molar-refractivity contribution in [3.8, 4) is 0 Å². The highest BCUT2D eigenvalue weighted by molar-refractivity contribution is 14.1. The number of hydrogen-bond donors (Lipinski definition) is 1. The third kappa shape index (κ3) is 3.94. The molecule has 0 atom stereocenters. The Morgan fingerprint density at radius 2 is 1.89 bits per heavy atom. The van der Waals surface area contributed by atoms with Crippen molar-refractivity contribution in [2.45, 2.75) is 5.33 Å². The second kappa shape index (κ2) is 6.72. The molecule has 0 saturated carbocycles. The van der Waals surface area contributed by atoms with Gasteiger partial charge >= 0.3 is 0 Å². The molecule has 5 heteroatoms. The number of hydrogen-bond acceptors (Lipinski definition) is 1. The monoisotopic (exact) mass is 449 g/mol. The van der Waals surface area contributed by atoms with Crippen LogP contribution in [0.4, 0.5) is 5.69 Å². The Balaban J connectivity index is 2.18. The summed E-state index contributed by atoms with van der Waals surface area (Å²) in [4.78, 5) is 12.2. The van der Waals surface area contributed by atoms with Crippen LogP contribution < -0.4 is 5.32 Å². The molecule has 0 heterocycles. The maximum Gasteiger partial charge on any atom is 0.256 e. The average Bonchev–Trinajstić information content (AvgIpc) is 2.42. The molecular weight excluding hydrogens is 440 g/mol. The van der Waals surface area contributed by atoms with Crippen LogP contribution in [0.3, 0.4) is 0 Å². The first-order chi connectivity index (χ1) is 9.10. The van der Waals surface area contributed by atoms with Gasteiger partial charge in [0.15, 0.2) is 0 Å². The Morgan fingerprint density at radius 3 is 2.53 bits per heavy atom. The molecular formula is C14H10BrClINO. The fraction of sp³-hybridized carbons (Fsp3) is 0.0714. The number of alkyl halides is 1. The van der Waals surface area contributed by atoms with Gasteiger partial charge in [0.05, 0.1) is 5.56 Å². The minimum atomic E-state index is -0.154. The highest BCUT2D eigenvalue weighted by atomic mass is 127. The van der Waals surface area contributed by atoms with Gasteiger partial charge in [0.25, 0.3) is 5.91 Å². The standard InChI is InChI=1S/C14H10BrClINO/c15-8-9-1-4-11(5-2-9)18-14(19)12-7-10(16)3-6-13(12)17/h1-7H,8H2,(H,18,19). The zero-order valence-corrected chi connectivity index (χ0v) is 14.3. The quantitative estimate of drug-likeness (QED) is 0.512. The molecule has 1 amide bonds. The minimum Gasteiger partial charge on any atom is -0.322 e. The van der Waals surface area contributed by atoms with E-state index in [1.807, 2.05) is 30.3 Å². The Morgan fingerprint density at radius 1 is 1.21 bits per heavy atom. The first-order valence-corrected chi connectivity index (χ1v) is 8.09. The van der Waals surface area contributed by atoms with E-state index < -0.39 is 0 Å². The number of rotatable bonds is 3. The molecule has 0 unspecified atom stereocenters. The molecule has 0 spiro atoms. The summed E-state index contributed by atoms with van der Waals surface area (Å²) in [6.07, 6.45) is 0. The van der Waals surface area contributed by atoms with Crippen molar-refractivity contribution in [1.82, 2.24) is 0 Å². The zero-order chi connectivity index (χ0) is 13.8. The van der Waals surface area contributed by atoms with E-state index in [4.69, 9.17) is 11.6 Å². The lowest BCUT2D eigenvalue weighted by Gasteiger charge is -2.08. The number of amides is 1. The maximum absolute atomic E-state index is 12.2. The number of nitrogens with one attached hydrogen (secondary N) is 1. The van der Waals surface area contributed by atoms with Gasteiger partial charge in [-0.05, 0) is 58.5 Å². The van der Waals surface area contributed by atoms with Gasteiger partial charge in [-0.2, -0.15) is 0 Å². The number of anilines is 1. The van der Waals surface area contributed by atoms with Crippen molar-refractivity contribution in [2.24, 2.45) is 0 Å². The van der Waals surface area contributed by atoms with Crippen LogP contribution in [0.15, 0.2) is 42.5 Å². The predicted octanol–water partition coefficient (Wildman–Crippen LogP) is 5.09. The van der Waals surface area contributed by atoms with E-state index in [0.717, 1.165) is 20.2 Å². The first-order valence-electron chi connectivity index (χ1n) is 5.51.